The first-order valence-electron chi connectivity index (χ1n) is 8.82. The van der Waals surface area contributed by atoms with Crippen LogP contribution in [0.5, 0.6) is 0 Å². The number of hydrogen-bond donors (Lipinski definition) is 2. The van der Waals surface area contributed by atoms with Crippen LogP contribution in [0.3, 0.4) is 0 Å². The van der Waals surface area contributed by atoms with Gasteiger partial charge in [0.2, 0.25) is 0 Å². The molecular formula is C20H31BrN2O4. The van der Waals surface area contributed by atoms with Gasteiger partial charge in [0.25, 0.3) is 0 Å². The van der Waals surface area contributed by atoms with Crippen molar-refractivity contribution in [2.75, 3.05) is 10.6 Å². The largest absolute Gasteiger partial charge is 0.444 e. The van der Waals surface area contributed by atoms with E-state index in [1.165, 1.54) is 0 Å². The number of hydrogen-bond acceptors (Lipinski definition) is 4. The van der Waals surface area contributed by atoms with Gasteiger partial charge in [-0.05, 0) is 80.6 Å². The summed E-state index contributed by atoms with van der Waals surface area (Å²) >= 11 is 3.46. The number of halogens is 1. The van der Waals surface area contributed by atoms with Crippen LogP contribution in [0.15, 0.2) is 16.6 Å². The third-order valence-electron chi connectivity index (χ3n) is 3.21. The van der Waals surface area contributed by atoms with E-state index in [4.69, 9.17) is 9.47 Å². The van der Waals surface area contributed by atoms with Crippen molar-refractivity contribution in [2.45, 2.75) is 78.9 Å². The Bertz CT molecular complexity index is 659. The quantitative estimate of drug-likeness (QED) is 0.552. The van der Waals surface area contributed by atoms with E-state index in [1.807, 2.05) is 32.9 Å². The molecule has 1 rings (SSSR count). The third kappa shape index (κ3) is 8.20. The molecule has 0 atom stereocenters. The molecule has 0 heterocycles. The van der Waals surface area contributed by atoms with Gasteiger partial charge in [-0.2, -0.15) is 0 Å². The van der Waals surface area contributed by atoms with Crippen molar-refractivity contribution in [3.63, 3.8) is 0 Å². The maximum atomic E-state index is 12.2. The van der Waals surface area contributed by atoms with Gasteiger partial charge in [-0.1, -0.05) is 20.8 Å². The highest BCUT2D eigenvalue weighted by Crippen LogP contribution is 2.37. The molecule has 0 fully saturated rings. The molecule has 0 saturated carbocycles. The SMILES string of the molecule is CC(C)(C)OC(=O)Nc1cc(C(C)(C)C)cc(NC(=O)OC(C)(C)C)c1Br. The highest BCUT2D eigenvalue weighted by Gasteiger charge is 2.23. The van der Waals surface area contributed by atoms with Gasteiger partial charge in [0, 0.05) is 0 Å². The molecule has 0 spiro atoms. The second kappa shape index (κ2) is 8.09. The monoisotopic (exact) mass is 442 g/mol. The molecule has 2 amide bonds. The van der Waals surface area contributed by atoms with Gasteiger partial charge >= 0.3 is 12.2 Å². The van der Waals surface area contributed by atoms with Crippen LogP contribution in [0.2, 0.25) is 0 Å². The Morgan fingerprint density at radius 3 is 1.37 bits per heavy atom. The van der Waals surface area contributed by atoms with E-state index in [0.29, 0.717) is 15.8 Å². The lowest BCUT2D eigenvalue weighted by molar-refractivity contribution is 0.0625. The van der Waals surface area contributed by atoms with Crippen LogP contribution >= 0.6 is 15.9 Å². The summed E-state index contributed by atoms with van der Waals surface area (Å²) in [6, 6.07) is 3.71. The number of nitrogens with one attached hydrogen (secondary N) is 2. The molecule has 0 aliphatic rings. The Morgan fingerprint density at radius 1 is 0.778 bits per heavy atom. The smallest absolute Gasteiger partial charge is 0.412 e. The van der Waals surface area contributed by atoms with Crippen LogP contribution in [0, 0.1) is 0 Å². The fraction of sp³-hybridized carbons (Fsp3) is 0.600. The highest BCUT2D eigenvalue weighted by molar-refractivity contribution is 9.10. The number of amides is 2. The zero-order chi connectivity index (χ0) is 21.2. The Kier molecular flexibility index (Phi) is 6.97. The lowest BCUT2D eigenvalue weighted by Gasteiger charge is -2.25. The van der Waals surface area contributed by atoms with Crippen LogP contribution in [-0.2, 0) is 14.9 Å². The predicted octanol–water partition coefficient (Wildman–Crippen LogP) is 6.44. The molecule has 27 heavy (non-hydrogen) atoms. The zero-order valence-electron chi connectivity index (χ0n) is 17.7. The van der Waals surface area contributed by atoms with Crippen LogP contribution in [0.25, 0.3) is 0 Å². The Labute approximate surface area is 170 Å². The van der Waals surface area contributed by atoms with Gasteiger partial charge in [0.15, 0.2) is 0 Å². The van der Waals surface area contributed by atoms with Crippen molar-refractivity contribution in [1.29, 1.82) is 0 Å². The van der Waals surface area contributed by atoms with Gasteiger partial charge in [-0.15, -0.1) is 0 Å². The number of rotatable bonds is 2. The summed E-state index contributed by atoms with van der Waals surface area (Å²) < 4.78 is 11.2. The molecule has 0 aromatic heterocycles. The van der Waals surface area contributed by atoms with Crippen molar-refractivity contribution in [3.8, 4) is 0 Å². The second-order valence-electron chi connectivity index (χ2n) is 9.39. The molecule has 7 heteroatoms. The van der Waals surface area contributed by atoms with Crippen molar-refractivity contribution in [2.24, 2.45) is 0 Å². The first-order valence-corrected chi connectivity index (χ1v) is 9.61. The summed E-state index contributed by atoms with van der Waals surface area (Å²) in [5.41, 5.74) is 0.509. The van der Waals surface area contributed by atoms with Gasteiger partial charge in [0.1, 0.15) is 11.2 Å². The van der Waals surface area contributed by atoms with Gasteiger partial charge in [-0.25, -0.2) is 9.59 Å². The van der Waals surface area contributed by atoms with E-state index in [1.54, 1.807) is 41.5 Å². The summed E-state index contributed by atoms with van der Waals surface area (Å²) in [6.45, 7) is 16.9. The fourth-order valence-corrected chi connectivity index (χ4v) is 2.49. The number of benzene rings is 1. The van der Waals surface area contributed by atoms with Crippen LogP contribution in [0.1, 0.15) is 67.9 Å². The third-order valence-corrected chi connectivity index (χ3v) is 4.06. The highest BCUT2D eigenvalue weighted by atomic mass is 79.9. The van der Waals surface area contributed by atoms with E-state index in [0.717, 1.165) is 5.56 Å². The Morgan fingerprint density at radius 2 is 1.11 bits per heavy atom. The van der Waals surface area contributed by atoms with E-state index < -0.39 is 23.4 Å². The number of carbonyl (C=O) groups is 2. The Hall–Kier alpha value is -1.76. The van der Waals surface area contributed by atoms with E-state index in [-0.39, 0.29) is 5.41 Å². The average molecular weight is 443 g/mol. The molecule has 0 aliphatic heterocycles. The van der Waals surface area contributed by atoms with Crippen LogP contribution in [0.4, 0.5) is 21.0 Å². The lowest BCUT2D eigenvalue weighted by Crippen LogP contribution is -2.28. The molecule has 0 aliphatic carbocycles. The van der Waals surface area contributed by atoms with E-state index in [9.17, 15) is 9.59 Å². The minimum Gasteiger partial charge on any atom is -0.444 e. The Balaban J connectivity index is 3.23. The second-order valence-corrected chi connectivity index (χ2v) is 10.2. The molecule has 152 valence electrons. The molecule has 0 bridgehead atoms. The lowest BCUT2D eigenvalue weighted by atomic mass is 9.86. The van der Waals surface area contributed by atoms with Crippen molar-refractivity contribution in [1.82, 2.24) is 0 Å². The minimum absolute atomic E-state index is 0.199. The van der Waals surface area contributed by atoms with E-state index >= 15 is 0 Å². The predicted molar refractivity (Wildman–Crippen MR) is 113 cm³/mol. The maximum absolute atomic E-state index is 12.2. The van der Waals surface area contributed by atoms with Gasteiger partial charge in [0.05, 0.1) is 15.8 Å². The molecule has 0 saturated heterocycles. The van der Waals surface area contributed by atoms with Crippen molar-refractivity contribution < 1.29 is 19.1 Å². The summed E-state index contributed by atoms with van der Waals surface area (Å²) in [6.07, 6.45) is -1.14. The van der Waals surface area contributed by atoms with Crippen molar-refractivity contribution >= 4 is 39.5 Å². The molecule has 2 N–H and O–H groups in total. The topological polar surface area (TPSA) is 76.7 Å². The normalized spacial score (nSPS) is 12.4. The summed E-state index contributed by atoms with van der Waals surface area (Å²) in [7, 11) is 0. The molecule has 6 nitrogen and oxygen atoms in total. The first-order chi connectivity index (χ1) is 12.0. The zero-order valence-corrected chi connectivity index (χ0v) is 19.3. The minimum atomic E-state index is -0.615. The van der Waals surface area contributed by atoms with Crippen molar-refractivity contribution in [3.05, 3.63) is 22.2 Å². The fourth-order valence-electron chi connectivity index (χ4n) is 2.07. The standard InChI is InChI=1S/C20H31BrN2O4/c1-18(2,3)12-10-13(22-16(24)26-19(4,5)6)15(21)14(11-12)23-17(25)27-20(7,8)9/h10-11H,1-9H3,(H,22,24)(H,23,25). The van der Waals surface area contributed by atoms with E-state index in [2.05, 4.69) is 26.6 Å². The van der Waals surface area contributed by atoms with Gasteiger partial charge in [-0.3, -0.25) is 10.6 Å². The summed E-state index contributed by atoms with van der Waals surface area (Å²) in [4.78, 5) is 24.4. The maximum Gasteiger partial charge on any atom is 0.412 e. The molecule has 0 radical (unpaired) electrons. The number of carbonyl (C=O) groups excluding carboxylic acids is 2. The average Bonchev–Trinajstić information content (AvgIpc) is 2.37. The summed E-state index contributed by atoms with van der Waals surface area (Å²) in [5, 5.41) is 5.48. The van der Waals surface area contributed by atoms with Gasteiger partial charge < -0.3 is 9.47 Å². The number of ether oxygens (including phenoxy) is 2. The first kappa shape index (κ1) is 23.3. The molecular weight excluding hydrogens is 412 g/mol. The molecule has 1 aromatic carbocycles. The van der Waals surface area contributed by atoms with Crippen LogP contribution in [-0.4, -0.2) is 23.4 Å². The van der Waals surface area contributed by atoms with Crippen LogP contribution < -0.4 is 10.6 Å². The summed E-state index contributed by atoms with van der Waals surface area (Å²) in [5.74, 6) is 0. The number of anilines is 2. The molecule has 1 aromatic rings. The molecule has 0 unspecified atom stereocenters.